The van der Waals surface area contributed by atoms with Crippen LogP contribution < -0.4 is 0 Å². The fourth-order valence-corrected chi connectivity index (χ4v) is 2.02. The molecule has 104 valence electrons. The molecular weight excluding hydrogens is 249 g/mol. The smallest absolute Gasteiger partial charge is 0.338 e. The molecule has 4 nitrogen and oxygen atoms in total. The normalized spacial score (nSPS) is 18.0. The van der Waals surface area contributed by atoms with Crippen LogP contribution in [0.5, 0.6) is 0 Å². The molecule has 1 aliphatic rings. The number of hydrogen-bond donors (Lipinski definition) is 0. The van der Waals surface area contributed by atoms with Crippen LogP contribution in [0.4, 0.5) is 4.39 Å². The van der Waals surface area contributed by atoms with Gasteiger partial charge in [-0.1, -0.05) is 0 Å². The summed E-state index contributed by atoms with van der Waals surface area (Å²) in [6.07, 6.45) is -0.198. The van der Waals surface area contributed by atoms with Gasteiger partial charge in [0.15, 0.2) is 0 Å². The van der Waals surface area contributed by atoms with Crippen molar-refractivity contribution in [1.29, 1.82) is 0 Å². The van der Waals surface area contributed by atoms with Gasteiger partial charge in [0.05, 0.1) is 18.8 Å². The predicted octanol–water partition coefficient (Wildman–Crippen LogP) is 1.70. The second-order valence-corrected chi connectivity index (χ2v) is 4.64. The van der Waals surface area contributed by atoms with Gasteiger partial charge in [0.2, 0.25) is 0 Å². The predicted molar refractivity (Wildman–Crippen MR) is 68.5 cm³/mol. The number of benzene rings is 1. The lowest BCUT2D eigenvalue weighted by atomic mass is 10.2. The average Bonchev–Trinajstić information content (AvgIpc) is 2.40. The highest BCUT2D eigenvalue weighted by Crippen LogP contribution is 2.08. The van der Waals surface area contributed by atoms with Crippen molar-refractivity contribution in [3.63, 3.8) is 0 Å². The summed E-state index contributed by atoms with van der Waals surface area (Å²) in [4.78, 5) is 14.0. The second-order valence-electron chi connectivity index (χ2n) is 4.64. The fraction of sp³-hybridized carbons (Fsp3) is 0.500. The van der Waals surface area contributed by atoms with E-state index in [4.69, 9.17) is 9.47 Å². The highest BCUT2D eigenvalue weighted by molar-refractivity contribution is 5.89. The van der Waals surface area contributed by atoms with E-state index >= 15 is 0 Å². The molecule has 0 N–H and O–H groups in total. The van der Waals surface area contributed by atoms with E-state index in [0.717, 1.165) is 26.3 Å². The minimum atomic E-state index is -0.416. The molecule has 1 saturated heterocycles. The number of carbonyl (C=O) groups excluding carboxylic acids is 1. The molecule has 0 aromatic heterocycles. The van der Waals surface area contributed by atoms with Crippen LogP contribution in [-0.2, 0) is 9.47 Å². The van der Waals surface area contributed by atoms with Gasteiger partial charge in [-0.05, 0) is 31.2 Å². The lowest BCUT2D eigenvalue weighted by Gasteiger charge is -2.28. The van der Waals surface area contributed by atoms with Crippen molar-refractivity contribution in [3.05, 3.63) is 35.6 Å². The van der Waals surface area contributed by atoms with E-state index < -0.39 is 5.97 Å². The van der Waals surface area contributed by atoms with E-state index in [1.165, 1.54) is 24.3 Å². The Kier molecular flexibility index (Phi) is 4.87. The first-order valence-corrected chi connectivity index (χ1v) is 6.42. The SMILES string of the molecule is CC(CN1CCOCC1)OC(=O)c1ccc(F)cc1. The Hall–Kier alpha value is -1.46. The topological polar surface area (TPSA) is 38.8 Å². The summed E-state index contributed by atoms with van der Waals surface area (Å²) in [6, 6.07) is 5.37. The van der Waals surface area contributed by atoms with Gasteiger partial charge < -0.3 is 9.47 Å². The molecule has 1 heterocycles. The van der Waals surface area contributed by atoms with Crippen LogP contribution in [0.1, 0.15) is 17.3 Å². The molecule has 1 atom stereocenters. The van der Waals surface area contributed by atoms with Crippen molar-refractivity contribution in [3.8, 4) is 0 Å². The molecule has 1 unspecified atom stereocenters. The molecule has 5 heteroatoms. The van der Waals surface area contributed by atoms with Crippen LogP contribution in [0, 0.1) is 5.82 Å². The first-order chi connectivity index (χ1) is 9.15. The number of nitrogens with zero attached hydrogens (tertiary/aromatic N) is 1. The Bertz CT molecular complexity index is 415. The minimum absolute atomic E-state index is 0.198. The summed E-state index contributed by atoms with van der Waals surface area (Å²) in [7, 11) is 0. The van der Waals surface area contributed by atoms with Crippen molar-refractivity contribution < 1.29 is 18.7 Å². The average molecular weight is 267 g/mol. The summed E-state index contributed by atoms with van der Waals surface area (Å²) in [5.41, 5.74) is 0.371. The Morgan fingerprint density at radius 3 is 2.63 bits per heavy atom. The van der Waals surface area contributed by atoms with Crippen LogP contribution in [0.3, 0.4) is 0 Å². The van der Waals surface area contributed by atoms with Crippen LogP contribution >= 0.6 is 0 Å². The van der Waals surface area contributed by atoms with Crippen molar-refractivity contribution >= 4 is 5.97 Å². The first kappa shape index (κ1) is 14.0. The van der Waals surface area contributed by atoms with Gasteiger partial charge in [-0.3, -0.25) is 4.90 Å². The third kappa shape index (κ3) is 4.29. The van der Waals surface area contributed by atoms with E-state index in [0.29, 0.717) is 12.1 Å². The van der Waals surface area contributed by atoms with Gasteiger partial charge in [0, 0.05) is 19.6 Å². The number of hydrogen-bond acceptors (Lipinski definition) is 4. The molecule has 0 radical (unpaired) electrons. The van der Waals surface area contributed by atoms with Gasteiger partial charge in [-0.2, -0.15) is 0 Å². The Balaban J connectivity index is 1.82. The summed E-state index contributed by atoms with van der Waals surface area (Å²) >= 11 is 0. The Morgan fingerprint density at radius 2 is 2.00 bits per heavy atom. The second kappa shape index (κ2) is 6.63. The monoisotopic (exact) mass is 267 g/mol. The number of ether oxygens (including phenoxy) is 2. The molecular formula is C14H18FNO3. The number of rotatable bonds is 4. The molecule has 0 aliphatic carbocycles. The summed E-state index contributed by atoms with van der Waals surface area (Å²) in [5.74, 6) is -0.779. The molecule has 1 aliphatic heterocycles. The van der Waals surface area contributed by atoms with Gasteiger partial charge in [0.1, 0.15) is 11.9 Å². The molecule has 1 aromatic carbocycles. The van der Waals surface area contributed by atoms with E-state index in [2.05, 4.69) is 4.90 Å². The summed E-state index contributed by atoms with van der Waals surface area (Å²) < 4.78 is 23.3. The number of esters is 1. The zero-order chi connectivity index (χ0) is 13.7. The molecule has 2 rings (SSSR count). The van der Waals surface area contributed by atoms with Crippen LogP contribution in [0.2, 0.25) is 0 Å². The van der Waals surface area contributed by atoms with Crippen molar-refractivity contribution in [2.75, 3.05) is 32.8 Å². The highest BCUT2D eigenvalue weighted by Gasteiger charge is 2.17. The minimum Gasteiger partial charge on any atom is -0.458 e. The molecule has 0 saturated carbocycles. The number of morpholine rings is 1. The quantitative estimate of drug-likeness (QED) is 0.778. The van der Waals surface area contributed by atoms with E-state index in [1.807, 2.05) is 6.92 Å². The van der Waals surface area contributed by atoms with Gasteiger partial charge in [-0.15, -0.1) is 0 Å². The maximum atomic E-state index is 12.8. The Morgan fingerprint density at radius 1 is 1.37 bits per heavy atom. The number of carbonyl (C=O) groups is 1. The van der Waals surface area contributed by atoms with E-state index in [-0.39, 0.29) is 11.9 Å². The molecule has 0 spiro atoms. The molecule has 0 amide bonds. The molecule has 1 fully saturated rings. The standard InChI is InChI=1S/C14H18FNO3/c1-11(10-16-6-8-18-9-7-16)19-14(17)12-2-4-13(15)5-3-12/h2-5,11H,6-10H2,1H3. The zero-order valence-electron chi connectivity index (χ0n) is 11.0. The lowest BCUT2D eigenvalue weighted by molar-refractivity contribution is 0.000446. The zero-order valence-corrected chi connectivity index (χ0v) is 11.0. The number of halogens is 1. The fourth-order valence-electron chi connectivity index (χ4n) is 2.02. The Labute approximate surface area is 112 Å². The maximum Gasteiger partial charge on any atom is 0.338 e. The molecule has 19 heavy (non-hydrogen) atoms. The van der Waals surface area contributed by atoms with E-state index in [9.17, 15) is 9.18 Å². The van der Waals surface area contributed by atoms with Crippen molar-refractivity contribution in [2.24, 2.45) is 0 Å². The van der Waals surface area contributed by atoms with Gasteiger partial charge in [-0.25, -0.2) is 9.18 Å². The first-order valence-electron chi connectivity index (χ1n) is 6.42. The largest absolute Gasteiger partial charge is 0.458 e. The van der Waals surface area contributed by atoms with Crippen LogP contribution in [-0.4, -0.2) is 49.8 Å². The highest BCUT2D eigenvalue weighted by atomic mass is 19.1. The third-order valence-electron chi connectivity index (χ3n) is 3.01. The summed E-state index contributed by atoms with van der Waals surface area (Å²) in [6.45, 7) is 5.71. The van der Waals surface area contributed by atoms with Crippen LogP contribution in [0.15, 0.2) is 24.3 Å². The molecule has 1 aromatic rings. The van der Waals surface area contributed by atoms with Crippen LogP contribution in [0.25, 0.3) is 0 Å². The maximum absolute atomic E-state index is 12.8. The van der Waals surface area contributed by atoms with Gasteiger partial charge >= 0.3 is 5.97 Å². The van der Waals surface area contributed by atoms with Crippen molar-refractivity contribution in [2.45, 2.75) is 13.0 Å². The lowest BCUT2D eigenvalue weighted by Crippen LogP contribution is -2.41. The third-order valence-corrected chi connectivity index (χ3v) is 3.01. The molecule has 0 bridgehead atoms. The van der Waals surface area contributed by atoms with Crippen molar-refractivity contribution in [1.82, 2.24) is 4.90 Å². The van der Waals surface area contributed by atoms with Gasteiger partial charge in [0.25, 0.3) is 0 Å². The summed E-state index contributed by atoms with van der Waals surface area (Å²) in [5, 5.41) is 0. The van der Waals surface area contributed by atoms with E-state index in [1.54, 1.807) is 0 Å².